The van der Waals surface area contributed by atoms with Gasteiger partial charge in [-0.2, -0.15) is 0 Å². The van der Waals surface area contributed by atoms with Crippen LogP contribution in [-0.2, 0) is 4.79 Å². The molecule has 10 heteroatoms. The lowest BCUT2D eigenvalue weighted by Crippen LogP contribution is -2.13. The smallest absolute Gasteiger partial charge is 0.277 e. The van der Waals surface area contributed by atoms with E-state index in [1.807, 2.05) is 0 Å². The summed E-state index contributed by atoms with van der Waals surface area (Å²) in [6.45, 7) is 1.80. The number of hydrogen-bond acceptors (Lipinski definition) is 8. The summed E-state index contributed by atoms with van der Waals surface area (Å²) in [4.78, 5) is 11.8. The highest BCUT2D eigenvalue weighted by molar-refractivity contribution is 7.99. The zero-order chi connectivity index (χ0) is 16.2. The van der Waals surface area contributed by atoms with Crippen LogP contribution in [0.4, 0.5) is 9.52 Å². The van der Waals surface area contributed by atoms with Gasteiger partial charge < -0.3 is 4.42 Å². The molecule has 1 N–H and O–H groups in total. The van der Waals surface area contributed by atoms with Crippen LogP contribution in [0.15, 0.2) is 33.9 Å². The second-order valence-electron chi connectivity index (χ2n) is 4.34. The number of carbonyl (C=O) groups is 1. The lowest BCUT2D eigenvalue weighted by molar-refractivity contribution is -0.113. The molecule has 0 aliphatic rings. The molecule has 0 unspecified atom stereocenters. The fourth-order valence-corrected chi connectivity index (χ4v) is 2.78. The molecule has 0 fully saturated rings. The van der Waals surface area contributed by atoms with Gasteiger partial charge in [0.2, 0.25) is 16.9 Å². The fraction of sp³-hybridized carbons (Fsp3) is 0.154. The number of hydrogen-bond donors (Lipinski definition) is 1. The van der Waals surface area contributed by atoms with E-state index in [1.54, 1.807) is 19.1 Å². The van der Waals surface area contributed by atoms with Crippen LogP contribution in [0.25, 0.3) is 11.5 Å². The molecule has 23 heavy (non-hydrogen) atoms. The molecule has 1 amide bonds. The second kappa shape index (κ2) is 6.84. The average Bonchev–Trinajstić information content (AvgIpc) is 3.15. The van der Waals surface area contributed by atoms with E-state index < -0.39 is 0 Å². The molecule has 3 rings (SSSR count). The Kier molecular flexibility index (Phi) is 4.63. The number of anilines is 1. The minimum atomic E-state index is -0.341. The van der Waals surface area contributed by atoms with E-state index in [9.17, 15) is 9.18 Å². The largest absolute Gasteiger partial charge is 0.411 e. The van der Waals surface area contributed by atoms with E-state index in [0.29, 0.717) is 10.7 Å². The molecule has 0 spiro atoms. The van der Waals surface area contributed by atoms with Crippen molar-refractivity contribution in [2.45, 2.75) is 12.1 Å². The van der Waals surface area contributed by atoms with Crippen LogP contribution in [0.3, 0.4) is 0 Å². The minimum Gasteiger partial charge on any atom is -0.411 e. The molecule has 0 bridgehead atoms. The van der Waals surface area contributed by atoms with Gasteiger partial charge >= 0.3 is 0 Å². The second-order valence-corrected chi connectivity index (χ2v) is 6.45. The van der Waals surface area contributed by atoms with E-state index in [0.717, 1.165) is 16.8 Å². The molecule has 0 saturated heterocycles. The molecular weight excluding hydrogens is 341 g/mol. The van der Waals surface area contributed by atoms with E-state index in [1.165, 1.54) is 23.5 Å². The minimum absolute atomic E-state index is 0.101. The number of carbonyl (C=O) groups excluding carboxylic acids is 1. The standard InChI is InChI=1S/C13H10FN5O2S2/c1-7-16-18-12(23-7)15-10(20)6-22-13-19-17-11(21-13)8-2-4-9(14)5-3-8/h2-5H,6H2,1H3,(H,15,18,20). The summed E-state index contributed by atoms with van der Waals surface area (Å²) in [5.74, 6) is -0.212. The molecule has 0 saturated carbocycles. The van der Waals surface area contributed by atoms with Crippen molar-refractivity contribution < 1.29 is 13.6 Å². The first-order valence-electron chi connectivity index (χ1n) is 6.42. The van der Waals surface area contributed by atoms with Crippen molar-refractivity contribution >= 4 is 34.1 Å². The Bertz CT molecular complexity index is 818. The average molecular weight is 351 g/mol. The summed E-state index contributed by atoms with van der Waals surface area (Å²) in [5, 5.41) is 19.4. The van der Waals surface area contributed by atoms with Gasteiger partial charge in [-0.1, -0.05) is 23.1 Å². The highest BCUT2D eigenvalue weighted by atomic mass is 32.2. The van der Waals surface area contributed by atoms with Crippen LogP contribution < -0.4 is 5.32 Å². The van der Waals surface area contributed by atoms with Crippen molar-refractivity contribution in [1.82, 2.24) is 20.4 Å². The van der Waals surface area contributed by atoms with Gasteiger partial charge in [0.25, 0.3) is 5.22 Å². The lowest BCUT2D eigenvalue weighted by atomic mass is 10.2. The molecule has 1 aromatic carbocycles. The van der Waals surface area contributed by atoms with Crippen molar-refractivity contribution in [3.8, 4) is 11.5 Å². The molecule has 7 nitrogen and oxygen atoms in total. The number of nitrogens with zero attached hydrogens (tertiary/aromatic N) is 4. The van der Waals surface area contributed by atoms with Crippen LogP contribution >= 0.6 is 23.1 Å². The monoisotopic (exact) mass is 351 g/mol. The summed E-state index contributed by atoms with van der Waals surface area (Å²) in [6.07, 6.45) is 0. The van der Waals surface area contributed by atoms with Crippen molar-refractivity contribution in [3.05, 3.63) is 35.1 Å². The Balaban J connectivity index is 1.56. The number of amides is 1. The maximum atomic E-state index is 12.9. The molecule has 2 aromatic heterocycles. The Hall–Kier alpha value is -2.33. The first kappa shape index (κ1) is 15.6. The first-order chi connectivity index (χ1) is 11.1. The van der Waals surface area contributed by atoms with E-state index in [-0.39, 0.29) is 28.6 Å². The number of rotatable bonds is 5. The predicted octanol–water partition coefficient (Wildman–Crippen LogP) is 2.77. The van der Waals surface area contributed by atoms with Crippen molar-refractivity contribution in [1.29, 1.82) is 0 Å². The number of halogens is 1. The highest BCUT2D eigenvalue weighted by Crippen LogP contribution is 2.23. The van der Waals surface area contributed by atoms with E-state index in [4.69, 9.17) is 4.42 Å². The van der Waals surface area contributed by atoms with Gasteiger partial charge in [-0.05, 0) is 31.2 Å². The van der Waals surface area contributed by atoms with Gasteiger partial charge in [-0.15, -0.1) is 20.4 Å². The number of aromatic nitrogens is 4. The summed E-state index contributed by atoms with van der Waals surface area (Å²) in [7, 11) is 0. The summed E-state index contributed by atoms with van der Waals surface area (Å²) in [5.41, 5.74) is 0.611. The third kappa shape index (κ3) is 4.11. The Morgan fingerprint density at radius 2 is 2.04 bits per heavy atom. The highest BCUT2D eigenvalue weighted by Gasteiger charge is 2.12. The molecule has 0 aliphatic carbocycles. The Morgan fingerprint density at radius 1 is 1.26 bits per heavy atom. The fourth-order valence-electron chi connectivity index (χ4n) is 1.61. The quantitative estimate of drug-likeness (QED) is 0.706. The van der Waals surface area contributed by atoms with Crippen molar-refractivity contribution in [2.24, 2.45) is 0 Å². The van der Waals surface area contributed by atoms with E-state index in [2.05, 4.69) is 25.7 Å². The Labute approximate surface area is 138 Å². The Morgan fingerprint density at radius 3 is 2.74 bits per heavy atom. The first-order valence-corrected chi connectivity index (χ1v) is 8.22. The van der Waals surface area contributed by atoms with Gasteiger partial charge in [0, 0.05) is 5.56 Å². The van der Waals surface area contributed by atoms with Gasteiger partial charge in [-0.25, -0.2) is 4.39 Å². The summed E-state index contributed by atoms with van der Waals surface area (Å²) >= 11 is 2.40. The van der Waals surface area contributed by atoms with Crippen LogP contribution in [0.2, 0.25) is 0 Å². The van der Waals surface area contributed by atoms with Crippen molar-refractivity contribution in [2.75, 3.05) is 11.1 Å². The molecular formula is C13H10FN5O2S2. The maximum absolute atomic E-state index is 12.9. The van der Waals surface area contributed by atoms with E-state index >= 15 is 0 Å². The number of thioether (sulfide) groups is 1. The van der Waals surface area contributed by atoms with Crippen molar-refractivity contribution in [3.63, 3.8) is 0 Å². The molecule has 118 valence electrons. The third-order valence-corrected chi connectivity index (χ3v) is 4.17. The van der Waals surface area contributed by atoms with Crippen LogP contribution in [-0.4, -0.2) is 32.1 Å². The molecule has 0 aliphatic heterocycles. The summed E-state index contributed by atoms with van der Waals surface area (Å²) in [6, 6.07) is 5.71. The maximum Gasteiger partial charge on any atom is 0.277 e. The number of aryl methyl sites for hydroxylation is 1. The normalized spacial score (nSPS) is 10.7. The van der Waals surface area contributed by atoms with Crippen LogP contribution in [0.1, 0.15) is 5.01 Å². The van der Waals surface area contributed by atoms with Crippen LogP contribution in [0.5, 0.6) is 0 Å². The topological polar surface area (TPSA) is 93.8 Å². The number of benzene rings is 1. The lowest BCUT2D eigenvalue weighted by Gasteiger charge is -1.98. The molecule has 0 radical (unpaired) electrons. The SMILES string of the molecule is Cc1nnc(NC(=O)CSc2nnc(-c3ccc(F)cc3)o2)s1. The van der Waals surface area contributed by atoms with Gasteiger partial charge in [0.05, 0.1) is 5.75 Å². The number of nitrogens with one attached hydrogen (secondary N) is 1. The summed E-state index contributed by atoms with van der Waals surface area (Å²) < 4.78 is 18.3. The molecule has 2 heterocycles. The molecule has 3 aromatic rings. The van der Waals surface area contributed by atoms with Gasteiger partial charge in [0.15, 0.2) is 0 Å². The zero-order valence-corrected chi connectivity index (χ0v) is 13.4. The third-order valence-electron chi connectivity index (χ3n) is 2.60. The van der Waals surface area contributed by atoms with Gasteiger partial charge in [0.1, 0.15) is 10.8 Å². The predicted molar refractivity (Wildman–Crippen MR) is 83.7 cm³/mol. The zero-order valence-electron chi connectivity index (χ0n) is 11.8. The van der Waals surface area contributed by atoms with Gasteiger partial charge in [-0.3, -0.25) is 10.1 Å². The van der Waals surface area contributed by atoms with Crippen LogP contribution in [0, 0.1) is 12.7 Å². The molecule has 0 atom stereocenters.